The highest BCUT2D eigenvalue weighted by Gasteiger charge is 2.33. The lowest BCUT2D eigenvalue weighted by Gasteiger charge is -2.23. The molecule has 0 radical (unpaired) electrons. The standard InChI is InChI=1S/C28H29N2O/c1-16-12-21-14-17(2)18(3)25-26(21)24(13-16)31-28-27(25)30(4)23-11-10-20(15-22(23)29-28)19-8-6-5-7-9-19/h10-15,19H,5-9H2,1-4H3/q+1. The van der Waals surface area contributed by atoms with E-state index < -0.39 is 0 Å². The number of ether oxygens (including phenoxy) is 1. The second kappa shape index (κ2) is 6.78. The van der Waals surface area contributed by atoms with Gasteiger partial charge in [0.25, 0.3) is 11.6 Å². The van der Waals surface area contributed by atoms with Crippen molar-refractivity contribution < 1.29 is 9.30 Å². The van der Waals surface area contributed by atoms with Crippen molar-refractivity contribution >= 4 is 21.8 Å². The smallest absolute Gasteiger partial charge is 0.294 e. The molecule has 0 amide bonds. The Morgan fingerprint density at radius 3 is 2.58 bits per heavy atom. The number of fused-ring (bicyclic) bond motifs is 3. The quantitative estimate of drug-likeness (QED) is 0.280. The van der Waals surface area contributed by atoms with Gasteiger partial charge in [-0.1, -0.05) is 37.5 Å². The summed E-state index contributed by atoms with van der Waals surface area (Å²) in [5.41, 5.74) is 9.79. The molecule has 3 aromatic carbocycles. The van der Waals surface area contributed by atoms with Crippen molar-refractivity contribution in [1.29, 1.82) is 0 Å². The highest BCUT2D eigenvalue weighted by Crippen LogP contribution is 2.47. The first-order valence-corrected chi connectivity index (χ1v) is 11.6. The molecule has 3 nitrogen and oxygen atoms in total. The maximum absolute atomic E-state index is 6.47. The van der Waals surface area contributed by atoms with E-state index in [9.17, 15) is 0 Å². The first-order chi connectivity index (χ1) is 15.0. The summed E-state index contributed by atoms with van der Waals surface area (Å²) in [6.45, 7) is 6.56. The Morgan fingerprint density at radius 2 is 1.77 bits per heavy atom. The molecule has 3 heteroatoms. The topological polar surface area (TPSA) is 26.0 Å². The molecule has 0 saturated heterocycles. The molecule has 31 heavy (non-hydrogen) atoms. The van der Waals surface area contributed by atoms with Crippen molar-refractivity contribution in [2.24, 2.45) is 7.05 Å². The Bertz CT molecular complexity index is 1380. The molecule has 2 heterocycles. The molecule has 1 aromatic heterocycles. The van der Waals surface area contributed by atoms with Crippen LogP contribution in [-0.2, 0) is 7.05 Å². The minimum atomic E-state index is 0.671. The Kier molecular flexibility index (Phi) is 4.11. The fourth-order valence-electron chi connectivity index (χ4n) is 5.74. The fourth-order valence-corrected chi connectivity index (χ4v) is 5.74. The summed E-state index contributed by atoms with van der Waals surface area (Å²) in [5, 5.41) is 2.45. The lowest BCUT2D eigenvalue weighted by Crippen LogP contribution is -2.34. The third-order valence-electron chi connectivity index (χ3n) is 7.51. The van der Waals surface area contributed by atoms with E-state index in [1.807, 2.05) is 0 Å². The summed E-state index contributed by atoms with van der Waals surface area (Å²) in [6, 6.07) is 13.6. The number of nitrogens with zero attached hydrogens (tertiary/aromatic N) is 2. The van der Waals surface area contributed by atoms with Gasteiger partial charge >= 0.3 is 0 Å². The van der Waals surface area contributed by atoms with Gasteiger partial charge in [-0.3, -0.25) is 0 Å². The zero-order chi connectivity index (χ0) is 21.3. The van der Waals surface area contributed by atoms with Gasteiger partial charge in [0.15, 0.2) is 0 Å². The van der Waals surface area contributed by atoms with Crippen LogP contribution in [0.2, 0.25) is 0 Å². The van der Waals surface area contributed by atoms with E-state index in [1.165, 1.54) is 70.7 Å². The maximum Gasteiger partial charge on any atom is 0.294 e. The van der Waals surface area contributed by atoms with Gasteiger partial charge in [0.2, 0.25) is 5.52 Å². The normalized spacial score (nSPS) is 15.9. The van der Waals surface area contributed by atoms with Crippen molar-refractivity contribution in [3.8, 4) is 22.9 Å². The molecule has 6 rings (SSSR count). The predicted molar refractivity (Wildman–Crippen MR) is 126 cm³/mol. The molecular weight excluding hydrogens is 380 g/mol. The zero-order valence-corrected chi connectivity index (χ0v) is 18.9. The highest BCUT2D eigenvalue weighted by atomic mass is 16.5. The number of hydrogen-bond donors (Lipinski definition) is 0. The zero-order valence-electron chi connectivity index (χ0n) is 18.9. The SMILES string of the molecule is Cc1cc2c3c(c(C)c(C)cc3c1)-c1c(nc3cc(C4CCCCC4)ccc3[n+]1C)O2. The molecule has 0 atom stereocenters. The van der Waals surface area contributed by atoms with Crippen molar-refractivity contribution in [3.05, 3.63) is 58.7 Å². The molecular formula is C28H29N2O+. The molecule has 4 aromatic rings. The molecule has 1 saturated carbocycles. The Morgan fingerprint density at radius 1 is 0.968 bits per heavy atom. The van der Waals surface area contributed by atoms with Crippen molar-refractivity contribution in [2.45, 2.75) is 58.8 Å². The molecule has 1 aliphatic carbocycles. The summed E-state index contributed by atoms with van der Waals surface area (Å²) in [6.07, 6.45) is 6.66. The van der Waals surface area contributed by atoms with Crippen LogP contribution < -0.4 is 9.30 Å². The third kappa shape index (κ3) is 2.79. The van der Waals surface area contributed by atoms with Crippen LogP contribution in [0.1, 0.15) is 60.3 Å². The van der Waals surface area contributed by atoms with E-state index in [0.717, 1.165) is 28.4 Å². The van der Waals surface area contributed by atoms with Crippen molar-refractivity contribution in [1.82, 2.24) is 4.98 Å². The third-order valence-corrected chi connectivity index (χ3v) is 7.51. The van der Waals surface area contributed by atoms with E-state index in [0.29, 0.717) is 5.92 Å². The van der Waals surface area contributed by atoms with Crippen LogP contribution in [0.3, 0.4) is 0 Å². The van der Waals surface area contributed by atoms with Gasteiger partial charge in [-0.05, 0) is 79.3 Å². The molecule has 1 fully saturated rings. The maximum atomic E-state index is 6.47. The van der Waals surface area contributed by atoms with Crippen LogP contribution in [0.25, 0.3) is 33.1 Å². The van der Waals surface area contributed by atoms with Gasteiger partial charge < -0.3 is 4.74 Å². The molecule has 0 bridgehead atoms. The van der Waals surface area contributed by atoms with Gasteiger partial charge in [0.05, 0.1) is 5.56 Å². The number of hydrogen-bond acceptors (Lipinski definition) is 2. The molecule has 1 aliphatic heterocycles. The first-order valence-electron chi connectivity index (χ1n) is 11.6. The van der Waals surface area contributed by atoms with Crippen LogP contribution in [0.15, 0.2) is 36.4 Å². The van der Waals surface area contributed by atoms with Crippen LogP contribution in [0.4, 0.5) is 0 Å². The Balaban J connectivity index is 1.62. The van der Waals surface area contributed by atoms with Gasteiger partial charge in [-0.15, -0.1) is 0 Å². The van der Waals surface area contributed by atoms with Gasteiger partial charge in [0.1, 0.15) is 18.3 Å². The van der Waals surface area contributed by atoms with E-state index in [2.05, 4.69) is 68.8 Å². The van der Waals surface area contributed by atoms with Crippen molar-refractivity contribution in [3.63, 3.8) is 0 Å². The molecule has 0 spiro atoms. The number of aryl methyl sites for hydroxylation is 3. The lowest BCUT2D eigenvalue weighted by molar-refractivity contribution is -0.634. The molecule has 0 unspecified atom stereocenters. The van der Waals surface area contributed by atoms with E-state index in [-0.39, 0.29) is 0 Å². The average Bonchev–Trinajstić information content (AvgIpc) is 2.76. The van der Waals surface area contributed by atoms with E-state index in [4.69, 9.17) is 9.72 Å². The van der Waals surface area contributed by atoms with Crippen molar-refractivity contribution in [2.75, 3.05) is 0 Å². The fraction of sp³-hybridized carbons (Fsp3) is 0.357. The van der Waals surface area contributed by atoms with Crippen LogP contribution in [0.5, 0.6) is 11.6 Å². The first kappa shape index (κ1) is 18.8. The highest BCUT2D eigenvalue weighted by molar-refractivity contribution is 6.05. The van der Waals surface area contributed by atoms with Crippen LogP contribution >= 0.6 is 0 Å². The van der Waals surface area contributed by atoms with E-state index in [1.54, 1.807) is 0 Å². The summed E-state index contributed by atoms with van der Waals surface area (Å²) < 4.78 is 8.75. The minimum absolute atomic E-state index is 0.671. The molecule has 2 aliphatic rings. The largest absolute Gasteiger partial charge is 0.433 e. The second-order valence-corrected chi connectivity index (χ2v) is 9.56. The molecule has 156 valence electrons. The molecule has 0 N–H and O–H groups in total. The Hall–Kier alpha value is -2.94. The Labute approximate surface area is 183 Å². The number of rotatable bonds is 1. The second-order valence-electron chi connectivity index (χ2n) is 9.56. The monoisotopic (exact) mass is 409 g/mol. The average molecular weight is 410 g/mol. The lowest BCUT2D eigenvalue weighted by atomic mass is 9.84. The van der Waals surface area contributed by atoms with E-state index >= 15 is 0 Å². The van der Waals surface area contributed by atoms with Gasteiger partial charge in [-0.2, -0.15) is 4.57 Å². The predicted octanol–water partition coefficient (Wildman–Crippen LogP) is 6.96. The van der Waals surface area contributed by atoms with Crippen LogP contribution in [0, 0.1) is 20.8 Å². The van der Waals surface area contributed by atoms with Gasteiger partial charge in [-0.25, -0.2) is 4.98 Å². The summed E-state index contributed by atoms with van der Waals surface area (Å²) >= 11 is 0. The number of benzene rings is 3. The summed E-state index contributed by atoms with van der Waals surface area (Å²) in [4.78, 5) is 5.08. The summed E-state index contributed by atoms with van der Waals surface area (Å²) in [5.74, 6) is 2.32. The summed E-state index contributed by atoms with van der Waals surface area (Å²) in [7, 11) is 2.15. The van der Waals surface area contributed by atoms with Crippen LogP contribution in [-0.4, -0.2) is 4.98 Å². The minimum Gasteiger partial charge on any atom is -0.433 e. The van der Waals surface area contributed by atoms with Gasteiger partial charge in [0, 0.05) is 11.5 Å². The number of aromatic nitrogens is 2.